The molecule has 2 aromatic rings. The lowest BCUT2D eigenvalue weighted by Crippen LogP contribution is -2.34. The molecule has 0 saturated heterocycles. The zero-order chi connectivity index (χ0) is 12.8. The number of aromatic nitrogens is 4. The van der Waals surface area contributed by atoms with Crippen molar-refractivity contribution < 1.29 is 0 Å². The van der Waals surface area contributed by atoms with Gasteiger partial charge in [-0.2, -0.15) is 4.98 Å². The highest BCUT2D eigenvalue weighted by Gasteiger charge is 2.19. The Hall–Kier alpha value is -1.85. The van der Waals surface area contributed by atoms with Gasteiger partial charge in [0, 0.05) is 19.6 Å². The van der Waals surface area contributed by atoms with Crippen LogP contribution in [0.5, 0.6) is 0 Å². The van der Waals surface area contributed by atoms with Crippen molar-refractivity contribution in [2.45, 2.75) is 26.3 Å². The summed E-state index contributed by atoms with van der Waals surface area (Å²) in [5.74, 6) is 0.635. The predicted octanol–water partition coefficient (Wildman–Crippen LogP) is 0.927. The molecule has 0 saturated carbocycles. The number of imidazole rings is 1. The number of anilines is 1. The second-order valence-electron chi connectivity index (χ2n) is 5.01. The van der Waals surface area contributed by atoms with Gasteiger partial charge in [0.1, 0.15) is 6.33 Å². The van der Waals surface area contributed by atoms with Crippen LogP contribution in [0.25, 0.3) is 11.2 Å². The van der Waals surface area contributed by atoms with Crippen molar-refractivity contribution in [3.05, 3.63) is 16.7 Å². The van der Waals surface area contributed by atoms with Crippen LogP contribution < -0.4 is 10.9 Å². The Bertz CT molecular complexity index is 617. The largest absolute Gasteiger partial charge is 0.359 e. The molecule has 2 heterocycles. The molecule has 0 aliphatic carbocycles. The van der Waals surface area contributed by atoms with E-state index >= 15 is 0 Å². The third-order valence-corrected chi connectivity index (χ3v) is 2.74. The SMILES string of the molecule is CNc1nc2ncn(C(C)(C)C)c(=O)c2n1C. The summed E-state index contributed by atoms with van der Waals surface area (Å²) in [5.41, 5.74) is 0.635. The van der Waals surface area contributed by atoms with Crippen molar-refractivity contribution in [3.8, 4) is 0 Å². The van der Waals surface area contributed by atoms with Gasteiger partial charge in [-0.15, -0.1) is 0 Å². The average Bonchev–Trinajstić information content (AvgIpc) is 2.54. The van der Waals surface area contributed by atoms with Crippen molar-refractivity contribution in [3.63, 3.8) is 0 Å². The summed E-state index contributed by atoms with van der Waals surface area (Å²) in [6.45, 7) is 5.91. The van der Waals surface area contributed by atoms with Gasteiger partial charge in [-0.05, 0) is 20.8 Å². The van der Waals surface area contributed by atoms with Gasteiger partial charge in [0.05, 0.1) is 0 Å². The van der Waals surface area contributed by atoms with Gasteiger partial charge in [-0.25, -0.2) is 4.98 Å². The molecule has 2 aromatic heterocycles. The van der Waals surface area contributed by atoms with Crippen LogP contribution >= 0.6 is 0 Å². The zero-order valence-corrected chi connectivity index (χ0v) is 10.8. The second-order valence-corrected chi connectivity index (χ2v) is 5.01. The Morgan fingerprint density at radius 1 is 1.35 bits per heavy atom. The van der Waals surface area contributed by atoms with Gasteiger partial charge in [-0.3, -0.25) is 9.36 Å². The van der Waals surface area contributed by atoms with Gasteiger partial charge < -0.3 is 9.88 Å². The first kappa shape index (κ1) is 11.6. The molecule has 0 spiro atoms. The highest BCUT2D eigenvalue weighted by atomic mass is 16.1. The Labute approximate surface area is 99.3 Å². The molecule has 0 aliphatic heterocycles. The minimum absolute atomic E-state index is 0.0704. The van der Waals surface area contributed by atoms with Crippen molar-refractivity contribution in [1.82, 2.24) is 19.1 Å². The standard InChI is InChI=1S/C11H17N5O/c1-11(2,3)16-6-13-8-7(9(16)17)15(5)10(12-4)14-8/h6H,1-5H3,(H,12,14). The van der Waals surface area contributed by atoms with E-state index in [1.807, 2.05) is 20.8 Å². The number of aryl methyl sites for hydroxylation is 1. The van der Waals surface area contributed by atoms with E-state index in [4.69, 9.17) is 0 Å². The molecule has 6 nitrogen and oxygen atoms in total. The van der Waals surface area contributed by atoms with Gasteiger partial charge in [-0.1, -0.05) is 0 Å². The summed E-state index contributed by atoms with van der Waals surface area (Å²) >= 11 is 0. The Morgan fingerprint density at radius 3 is 2.53 bits per heavy atom. The fraction of sp³-hybridized carbons (Fsp3) is 0.545. The highest BCUT2D eigenvalue weighted by molar-refractivity contribution is 5.73. The number of fused-ring (bicyclic) bond motifs is 1. The van der Waals surface area contributed by atoms with Crippen LogP contribution in [0.2, 0.25) is 0 Å². The van der Waals surface area contributed by atoms with Crippen LogP contribution in [-0.4, -0.2) is 26.1 Å². The maximum atomic E-state index is 12.4. The monoisotopic (exact) mass is 235 g/mol. The van der Waals surface area contributed by atoms with E-state index in [-0.39, 0.29) is 11.1 Å². The smallest absolute Gasteiger partial charge is 0.280 e. The van der Waals surface area contributed by atoms with Crippen LogP contribution in [0, 0.1) is 0 Å². The summed E-state index contributed by atoms with van der Waals surface area (Å²) < 4.78 is 3.35. The van der Waals surface area contributed by atoms with E-state index in [1.54, 1.807) is 29.6 Å². The van der Waals surface area contributed by atoms with Crippen molar-refractivity contribution in [2.24, 2.45) is 7.05 Å². The van der Waals surface area contributed by atoms with Crippen molar-refractivity contribution in [1.29, 1.82) is 0 Å². The summed E-state index contributed by atoms with van der Waals surface area (Å²) in [6, 6.07) is 0. The molecule has 0 aromatic carbocycles. The molecule has 92 valence electrons. The molecule has 0 atom stereocenters. The molecule has 17 heavy (non-hydrogen) atoms. The Morgan fingerprint density at radius 2 is 2.00 bits per heavy atom. The summed E-state index contributed by atoms with van der Waals surface area (Å²) in [6.07, 6.45) is 1.55. The number of nitrogens with zero attached hydrogens (tertiary/aromatic N) is 4. The Kier molecular flexibility index (Phi) is 2.45. The van der Waals surface area contributed by atoms with Crippen LogP contribution in [0.4, 0.5) is 5.95 Å². The molecular weight excluding hydrogens is 218 g/mol. The first-order valence-electron chi connectivity index (χ1n) is 5.48. The van der Waals surface area contributed by atoms with Crippen LogP contribution in [0.1, 0.15) is 20.8 Å². The molecule has 0 radical (unpaired) electrons. The quantitative estimate of drug-likeness (QED) is 0.798. The third-order valence-electron chi connectivity index (χ3n) is 2.74. The van der Waals surface area contributed by atoms with E-state index in [2.05, 4.69) is 15.3 Å². The molecule has 0 unspecified atom stereocenters. The predicted molar refractivity (Wildman–Crippen MR) is 67.3 cm³/mol. The number of hydrogen-bond acceptors (Lipinski definition) is 4. The van der Waals surface area contributed by atoms with Crippen molar-refractivity contribution >= 4 is 17.1 Å². The van der Waals surface area contributed by atoms with Crippen LogP contribution in [0.3, 0.4) is 0 Å². The summed E-state index contributed by atoms with van der Waals surface area (Å²) in [5, 5.41) is 2.93. The molecule has 0 fully saturated rings. The van der Waals surface area contributed by atoms with E-state index in [0.29, 0.717) is 17.1 Å². The third kappa shape index (κ3) is 1.69. The fourth-order valence-corrected chi connectivity index (χ4v) is 1.79. The highest BCUT2D eigenvalue weighted by Crippen LogP contribution is 2.15. The van der Waals surface area contributed by atoms with E-state index in [9.17, 15) is 4.79 Å². The maximum absolute atomic E-state index is 12.4. The minimum Gasteiger partial charge on any atom is -0.359 e. The fourth-order valence-electron chi connectivity index (χ4n) is 1.79. The van der Waals surface area contributed by atoms with Gasteiger partial charge in [0.2, 0.25) is 5.95 Å². The first-order valence-corrected chi connectivity index (χ1v) is 5.48. The average molecular weight is 235 g/mol. The lowest BCUT2D eigenvalue weighted by molar-refractivity contribution is 0.381. The number of hydrogen-bond donors (Lipinski definition) is 1. The normalized spacial score (nSPS) is 12.1. The van der Waals surface area contributed by atoms with Gasteiger partial charge in [0.15, 0.2) is 11.2 Å². The lowest BCUT2D eigenvalue weighted by Gasteiger charge is -2.21. The number of nitrogens with one attached hydrogen (secondary N) is 1. The maximum Gasteiger partial charge on any atom is 0.280 e. The zero-order valence-electron chi connectivity index (χ0n) is 10.8. The molecular formula is C11H17N5O. The molecule has 0 aliphatic rings. The van der Waals surface area contributed by atoms with Crippen molar-refractivity contribution in [2.75, 3.05) is 12.4 Å². The van der Waals surface area contributed by atoms with Crippen LogP contribution in [0.15, 0.2) is 11.1 Å². The number of rotatable bonds is 1. The first-order chi connectivity index (χ1) is 7.86. The van der Waals surface area contributed by atoms with Gasteiger partial charge in [0.25, 0.3) is 5.56 Å². The second kappa shape index (κ2) is 3.58. The van der Waals surface area contributed by atoms with E-state index < -0.39 is 0 Å². The minimum atomic E-state index is -0.289. The molecule has 1 N–H and O–H groups in total. The van der Waals surface area contributed by atoms with Gasteiger partial charge >= 0.3 is 0 Å². The molecule has 0 bridgehead atoms. The van der Waals surface area contributed by atoms with Crippen LogP contribution in [-0.2, 0) is 12.6 Å². The molecule has 2 rings (SSSR count). The van der Waals surface area contributed by atoms with E-state index in [0.717, 1.165) is 0 Å². The Balaban J connectivity index is 2.84. The summed E-state index contributed by atoms with van der Waals surface area (Å²) in [7, 11) is 3.57. The topological polar surface area (TPSA) is 64.7 Å². The summed E-state index contributed by atoms with van der Waals surface area (Å²) in [4.78, 5) is 20.8. The van der Waals surface area contributed by atoms with E-state index in [1.165, 1.54) is 0 Å². The molecule has 0 amide bonds. The molecule has 6 heteroatoms. The lowest BCUT2D eigenvalue weighted by atomic mass is 10.1.